The number of nitrogens with one attached hydrogen (secondary N) is 3. The van der Waals surface area contributed by atoms with Gasteiger partial charge in [0, 0.05) is 23.9 Å². The molecule has 12 heteroatoms. The molecule has 0 heterocycles. The molecule has 0 aromatic heterocycles. The first-order valence-corrected chi connectivity index (χ1v) is 11.7. The third-order valence-corrected chi connectivity index (χ3v) is 4.90. The highest BCUT2D eigenvalue weighted by Gasteiger charge is 2.15. The maximum absolute atomic E-state index is 12.2. The first kappa shape index (κ1) is 28.9. The number of methoxy groups -OCH3 is 1. The van der Waals surface area contributed by atoms with E-state index in [4.69, 9.17) is 37.4 Å². The Balaban J connectivity index is 1.87. The van der Waals surface area contributed by atoms with Gasteiger partial charge >= 0.3 is 11.8 Å². The number of amides is 3. The van der Waals surface area contributed by atoms with Crippen molar-refractivity contribution in [2.24, 2.45) is 5.10 Å². The molecule has 0 saturated heterocycles. The van der Waals surface area contributed by atoms with Gasteiger partial charge in [0.05, 0.1) is 24.5 Å². The van der Waals surface area contributed by atoms with Gasteiger partial charge in [0.2, 0.25) is 0 Å². The highest BCUT2D eigenvalue weighted by Crippen LogP contribution is 2.36. The zero-order valence-corrected chi connectivity index (χ0v) is 21.6. The molecule has 2 aromatic rings. The van der Waals surface area contributed by atoms with Crippen LogP contribution in [0.3, 0.4) is 0 Å². The molecule has 0 spiro atoms. The summed E-state index contributed by atoms with van der Waals surface area (Å²) >= 11 is 12.1. The molecule has 0 aliphatic heterocycles. The molecule has 0 radical (unpaired) electrons. The van der Waals surface area contributed by atoms with Crippen LogP contribution in [0.4, 0.5) is 5.69 Å². The molecule has 0 bridgehead atoms. The molecule has 2 aromatic carbocycles. The van der Waals surface area contributed by atoms with Gasteiger partial charge in [-0.1, -0.05) is 23.2 Å². The summed E-state index contributed by atoms with van der Waals surface area (Å²) in [7, 11) is 1.41. The van der Waals surface area contributed by atoms with Crippen molar-refractivity contribution >= 4 is 52.8 Å². The molecule has 10 nitrogen and oxygen atoms in total. The van der Waals surface area contributed by atoms with Crippen molar-refractivity contribution in [3.05, 3.63) is 52.0 Å². The van der Waals surface area contributed by atoms with Crippen molar-refractivity contribution in [3.63, 3.8) is 0 Å². The van der Waals surface area contributed by atoms with Crippen molar-refractivity contribution in [1.82, 2.24) is 10.7 Å². The van der Waals surface area contributed by atoms with E-state index in [-0.39, 0.29) is 29.2 Å². The number of carbonyl (C=O) groups excluding carboxylic acids is 3. The number of rotatable bonds is 12. The Morgan fingerprint density at radius 2 is 1.81 bits per heavy atom. The minimum absolute atomic E-state index is 0.103. The van der Waals surface area contributed by atoms with Crippen LogP contribution >= 0.6 is 23.2 Å². The van der Waals surface area contributed by atoms with Gasteiger partial charge in [-0.3, -0.25) is 14.4 Å². The number of nitrogens with zero attached hydrogens (tertiary/aromatic N) is 1. The monoisotopic (exact) mass is 538 g/mol. The van der Waals surface area contributed by atoms with Crippen LogP contribution in [-0.2, 0) is 19.1 Å². The second-order valence-electron chi connectivity index (χ2n) is 7.61. The van der Waals surface area contributed by atoms with Crippen LogP contribution in [-0.4, -0.2) is 56.9 Å². The van der Waals surface area contributed by atoms with Crippen LogP contribution in [0, 0.1) is 0 Å². The van der Waals surface area contributed by atoms with Crippen molar-refractivity contribution in [2.45, 2.75) is 26.4 Å². The minimum Gasteiger partial charge on any atom is -0.493 e. The number of hydrogen-bond donors (Lipinski definition) is 3. The predicted molar refractivity (Wildman–Crippen MR) is 138 cm³/mol. The van der Waals surface area contributed by atoms with E-state index in [2.05, 4.69) is 21.2 Å². The maximum Gasteiger partial charge on any atom is 0.329 e. The molecule has 2 rings (SSSR count). The number of anilines is 1. The van der Waals surface area contributed by atoms with Gasteiger partial charge in [-0.05, 0) is 62.2 Å². The summed E-state index contributed by atoms with van der Waals surface area (Å²) < 4.78 is 16.2. The van der Waals surface area contributed by atoms with Gasteiger partial charge in [0.1, 0.15) is 0 Å². The Morgan fingerprint density at radius 1 is 1.08 bits per heavy atom. The van der Waals surface area contributed by atoms with E-state index < -0.39 is 17.7 Å². The number of hydrogen-bond acceptors (Lipinski definition) is 7. The number of ether oxygens (including phenoxy) is 3. The lowest BCUT2D eigenvalue weighted by molar-refractivity contribution is -0.139. The van der Waals surface area contributed by atoms with Crippen LogP contribution in [0.1, 0.15) is 25.8 Å². The maximum atomic E-state index is 12.2. The summed E-state index contributed by atoms with van der Waals surface area (Å²) in [6, 6.07) is 9.67. The molecule has 36 heavy (non-hydrogen) atoms. The lowest BCUT2D eigenvalue weighted by atomic mass is 10.2. The minimum atomic E-state index is -0.916. The summed E-state index contributed by atoms with van der Waals surface area (Å²) in [6.07, 6.45) is 1.97. The van der Waals surface area contributed by atoms with Crippen molar-refractivity contribution in [2.75, 3.05) is 32.2 Å². The molecule has 0 aliphatic carbocycles. The van der Waals surface area contributed by atoms with Gasteiger partial charge < -0.3 is 24.8 Å². The summed E-state index contributed by atoms with van der Waals surface area (Å²) in [5, 5.41) is 9.62. The number of carbonyl (C=O) groups is 3. The van der Waals surface area contributed by atoms with Crippen LogP contribution in [0.5, 0.6) is 11.5 Å². The smallest absolute Gasteiger partial charge is 0.329 e. The first-order chi connectivity index (χ1) is 17.2. The summed E-state index contributed by atoms with van der Waals surface area (Å²) in [6.45, 7) is 4.29. The van der Waals surface area contributed by atoms with E-state index in [1.54, 1.807) is 30.3 Å². The lowest BCUT2D eigenvalue weighted by Gasteiger charge is -2.13. The molecular formula is C24H28Cl2N4O6. The van der Waals surface area contributed by atoms with Gasteiger partial charge in [-0.2, -0.15) is 5.10 Å². The summed E-state index contributed by atoms with van der Waals surface area (Å²) in [5.41, 5.74) is 3.16. The molecule has 0 aliphatic rings. The number of hydrazone groups is 1. The molecule has 0 saturated carbocycles. The van der Waals surface area contributed by atoms with Crippen molar-refractivity contribution in [1.29, 1.82) is 0 Å². The zero-order valence-electron chi connectivity index (χ0n) is 20.1. The largest absolute Gasteiger partial charge is 0.493 e. The van der Waals surface area contributed by atoms with Gasteiger partial charge in [0.15, 0.2) is 18.1 Å². The molecule has 194 valence electrons. The van der Waals surface area contributed by atoms with Crippen LogP contribution < -0.4 is 25.5 Å². The molecule has 3 N–H and O–H groups in total. The lowest BCUT2D eigenvalue weighted by Crippen LogP contribution is -2.38. The van der Waals surface area contributed by atoms with Crippen molar-refractivity contribution < 1.29 is 28.6 Å². The quantitative estimate of drug-likeness (QED) is 0.164. The van der Waals surface area contributed by atoms with E-state index in [1.165, 1.54) is 19.4 Å². The average Bonchev–Trinajstić information content (AvgIpc) is 2.83. The van der Waals surface area contributed by atoms with Gasteiger partial charge in [0.25, 0.3) is 5.91 Å². The van der Waals surface area contributed by atoms with Crippen LogP contribution in [0.25, 0.3) is 0 Å². The van der Waals surface area contributed by atoms with Crippen molar-refractivity contribution in [3.8, 4) is 11.5 Å². The Bertz CT molecular complexity index is 1080. The highest BCUT2D eigenvalue weighted by molar-refractivity contribution is 6.35. The van der Waals surface area contributed by atoms with Gasteiger partial charge in [-0.15, -0.1) is 0 Å². The SMILES string of the molecule is COc1cc(/C=N\NC(=O)C(=O)NCCCOC(C)C)cc(Cl)c1OCC(=O)Nc1ccc(Cl)cc1. The molecule has 0 atom stereocenters. The average molecular weight is 539 g/mol. The Labute approximate surface area is 219 Å². The molecule has 0 fully saturated rings. The van der Waals surface area contributed by atoms with Crippen LogP contribution in [0.15, 0.2) is 41.5 Å². The van der Waals surface area contributed by atoms with Gasteiger partial charge in [-0.25, -0.2) is 5.43 Å². The third kappa shape index (κ3) is 10.1. The van der Waals surface area contributed by atoms with E-state index in [0.29, 0.717) is 35.8 Å². The number of halogens is 2. The fourth-order valence-corrected chi connectivity index (χ4v) is 3.11. The summed E-state index contributed by atoms with van der Waals surface area (Å²) in [4.78, 5) is 35.8. The topological polar surface area (TPSA) is 127 Å². The highest BCUT2D eigenvalue weighted by atomic mass is 35.5. The normalized spacial score (nSPS) is 10.8. The Morgan fingerprint density at radius 3 is 2.47 bits per heavy atom. The number of benzene rings is 2. The molecular weight excluding hydrogens is 511 g/mol. The molecule has 0 unspecified atom stereocenters. The summed E-state index contributed by atoms with van der Waals surface area (Å²) in [5.74, 6) is -1.73. The van der Waals surface area contributed by atoms with E-state index >= 15 is 0 Å². The van der Waals surface area contributed by atoms with E-state index in [1.807, 2.05) is 13.8 Å². The van der Waals surface area contributed by atoms with E-state index in [0.717, 1.165) is 0 Å². The third-order valence-electron chi connectivity index (χ3n) is 4.37. The zero-order chi connectivity index (χ0) is 26.5. The molecule has 3 amide bonds. The predicted octanol–water partition coefficient (Wildman–Crippen LogP) is 3.40. The fraction of sp³-hybridized carbons (Fsp3) is 0.333. The Kier molecular flexibility index (Phi) is 12.0. The second-order valence-corrected chi connectivity index (χ2v) is 8.45. The van der Waals surface area contributed by atoms with E-state index in [9.17, 15) is 14.4 Å². The van der Waals surface area contributed by atoms with Crippen LogP contribution in [0.2, 0.25) is 10.0 Å². The Hall–Kier alpha value is -3.34. The standard InChI is InChI=1S/C24H28Cl2N4O6/c1-15(2)35-10-4-9-27-23(32)24(33)30-28-13-16-11-19(26)22(20(12-16)34-3)36-14-21(31)29-18-7-5-17(25)6-8-18/h5-8,11-13,15H,4,9-10,14H2,1-3H3,(H,27,32)(H,29,31)(H,30,33)/b28-13-. The fourth-order valence-electron chi connectivity index (χ4n) is 2.71. The second kappa shape index (κ2) is 14.9. The first-order valence-electron chi connectivity index (χ1n) is 11.0.